The van der Waals surface area contributed by atoms with Gasteiger partial charge in [0.1, 0.15) is 5.92 Å². The summed E-state index contributed by atoms with van der Waals surface area (Å²) >= 11 is 0. The van der Waals surface area contributed by atoms with Crippen LogP contribution < -0.4 is 0 Å². The van der Waals surface area contributed by atoms with E-state index in [-0.39, 0.29) is 0 Å². The molecule has 1 aliphatic rings. The minimum Gasteiger partial charge on any atom is -0.388 e. The molecule has 0 amide bonds. The van der Waals surface area contributed by atoms with E-state index in [4.69, 9.17) is 5.11 Å². The van der Waals surface area contributed by atoms with Gasteiger partial charge in [-0.15, -0.1) is 0 Å². The summed E-state index contributed by atoms with van der Waals surface area (Å²) in [6.45, 7) is 0. The van der Waals surface area contributed by atoms with Crippen LogP contribution >= 0.6 is 0 Å². The van der Waals surface area contributed by atoms with Crippen molar-refractivity contribution < 1.29 is 18.3 Å². The Bertz CT molecular complexity index is 192. The second-order valence-corrected chi connectivity index (χ2v) is 2.33. The van der Waals surface area contributed by atoms with Crippen LogP contribution in [0.5, 0.6) is 0 Å². The summed E-state index contributed by atoms with van der Waals surface area (Å²) < 4.78 is 35.8. The maximum Gasteiger partial charge on any atom is 0.397 e. The largest absolute Gasteiger partial charge is 0.397 e. The fraction of sp³-hybridized carbons (Fsp3) is 0.429. The molecule has 62 valence electrons. The number of hydrogen-bond acceptors (Lipinski definition) is 1. The van der Waals surface area contributed by atoms with E-state index in [1.165, 1.54) is 12.2 Å². The average molecular weight is 164 g/mol. The van der Waals surface area contributed by atoms with E-state index in [0.717, 1.165) is 12.2 Å². The first-order chi connectivity index (χ1) is 5.02. The first-order valence-corrected chi connectivity index (χ1v) is 3.11. The quantitative estimate of drug-likeness (QED) is 0.577. The molecule has 2 unspecified atom stereocenters. The number of allylic oxidation sites excluding steroid dienone is 2. The van der Waals surface area contributed by atoms with Crippen molar-refractivity contribution in [3.05, 3.63) is 24.3 Å². The Balaban J connectivity index is 2.74. The van der Waals surface area contributed by atoms with E-state index >= 15 is 0 Å². The van der Waals surface area contributed by atoms with Gasteiger partial charge < -0.3 is 5.11 Å². The summed E-state index contributed by atoms with van der Waals surface area (Å²) in [6, 6.07) is 0. The van der Waals surface area contributed by atoms with Gasteiger partial charge in [0.2, 0.25) is 0 Å². The lowest BCUT2D eigenvalue weighted by Gasteiger charge is -2.21. The molecule has 1 aliphatic carbocycles. The lowest BCUT2D eigenvalue weighted by atomic mass is 9.97. The standard InChI is InChI=1S/C7H7F3O/c8-7(9,10)5-3-1-2-4-6(5)11/h1-6,11H. The van der Waals surface area contributed by atoms with Gasteiger partial charge in [-0.25, -0.2) is 0 Å². The predicted molar refractivity (Wildman–Crippen MR) is 33.8 cm³/mol. The van der Waals surface area contributed by atoms with Gasteiger partial charge in [0.15, 0.2) is 0 Å². The Kier molecular flexibility index (Phi) is 2.04. The molecule has 0 saturated carbocycles. The van der Waals surface area contributed by atoms with Crippen LogP contribution in [0.1, 0.15) is 0 Å². The molecule has 4 heteroatoms. The fourth-order valence-electron chi connectivity index (χ4n) is 0.898. The number of halogens is 3. The van der Waals surface area contributed by atoms with E-state index in [2.05, 4.69) is 0 Å². The Morgan fingerprint density at radius 1 is 1.09 bits per heavy atom. The second-order valence-electron chi connectivity index (χ2n) is 2.33. The van der Waals surface area contributed by atoms with Crippen molar-refractivity contribution in [2.75, 3.05) is 0 Å². The van der Waals surface area contributed by atoms with E-state index in [1.807, 2.05) is 0 Å². The van der Waals surface area contributed by atoms with Gasteiger partial charge >= 0.3 is 6.18 Å². The topological polar surface area (TPSA) is 20.2 Å². The summed E-state index contributed by atoms with van der Waals surface area (Å²) in [7, 11) is 0. The number of alkyl halides is 3. The van der Waals surface area contributed by atoms with Crippen LogP contribution in [0.4, 0.5) is 13.2 Å². The minimum absolute atomic E-state index is 0.949. The first kappa shape index (κ1) is 8.33. The molecule has 0 aromatic heterocycles. The maximum absolute atomic E-state index is 11.9. The number of rotatable bonds is 0. The highest BCUT2D eigenvalue weighted by Gasteiger charge is 2.42. The Labute approximate surface area is 61.8 Å². The normalized spacial score (nSPS) is 30.9. The van der Waals surface area contributed by atoms with E-state index < -0.39 is 18.2 Å². The van der Waals surface area contributed by atoms with E-state index in [1.54, 1.807) is 0 Å². The van der Waals surface area contributed by atoms with Crippen molar-refractivity contribution >= 4 is 0 Å². The molecule has 1 nitrogen and oxygen atoms in total. The van der Waals surface area contributed by atoms with Crippen LogP contribution in [0, 0.1) is 5.92 Å². The summed E-state index contributed by atoms with van der Waals surface area (Å²) in [5.74, 6) is -1.74. The molecule has 1 N–H and O–H groups in total. The molecule has 0 radical (unpaired) electrons. The highest BCUT2D eigenvalue weighted by Crippen LogP contribution is 2.31. The zero-order chi connectivity index (χ0) is 8.48. The van der Waals surface area contributed by atoms with Crippen LogP contribution in [0.15, 0.2) is 24.3 Å². The monoisotopic (exact) mass is 164 g/mol. The molecule has 0 heterocycles. The molecule has 0 aromatic rings. The number of aliphatic hydroxyl groups excluding tert-OH is 1. The van der Waals surface area contributed by atoms with Gasteiger partial charge in [-0.3, -0.25) is 0 Å². The zero-order valence-electron chi connectivity index (χ0n) is 5.55. The van der Waals surface area contributed by atoms with Crippen molar-refractivity contribution in [1.82, 2.24) is 0 Å². The maximum atomic E-state index is 11.9. The van der Waals surface area contributed by atoms with Crippen LogP contribution in [0.25, 0.3) is 0 Å². The Morgan fingerprint density at radius 2 is 1.64 bits per heavy atom. The molecule has 0 bridgehead atoms. The van der Waals surface area contributed by atoms with Crippen molar-refractivity contribution in [2.45, 2.75) is 12.3 Å². The SMILES string of the molecule is OC1C=CC=CC1C(F)(F)F. The molecular weight excluding hydrogens is 157 g/mol. The molecule has 0 aliphatic heterocycles. The van der Waals surface area contributed by atoms with Gasteiger partial charge in [-0.1, -0.05) is 24.3 Å². The Morgan fingerprint density at radius 3 is 2.00 bits per heavy atom. The van der Waals surface area contributed by atoms with Crippen molar-refractivity contribution in [1.29, 1.82) is 0 Å². The van der Waals surface area contributed by atoms with Crippen LogP contribution in [-0.4, -0.2) is 17.4 Å². The van der Waals surface area contributed by atoms with Gasteiger partial charge in [0, 0.05) is 0 Å². The second kappa shape index (κ2) is 2.70. The highest BCUT2D eigenvalue weighted by molar-refractivity contribution is 5.16. The lowest BCUT2D eigenvalue weighted by Crippen LogP contribution is -2.32. The summed E-state index contributed by atoms with van der Waals surface area (Å²) in [6.07, 6.45) is -1.03. The van der Waals surface area contributed by atoms with Crippen LogP contribution in [0.3, 0.4) is 0 Å². The van der Waals surface area contributed by atoms with Crippen molar-refractivity contribution in [2.24, 2.45) is 5.92 Å². The van der Waals surface area contributed by atoms with Gasteiger partial charge in [0.05, 0.1) is 6.10 Å². The third-order valence-corrected chi connectivity index (χ3v) is 1.48. The first-order valence-electron chi connectivity index (χ1n) is 3.11. The van der Waals surface area contributed by atoms with E-state index in [9.17, 15) is 13.2 Å². The Hall–Kier alpha value is -0.770. The molecule has 2 atom stereocenters. The molecule has 0 aromatic carbocycles. The predicted octanol–water partition coefficient (Wildman–Crippen LogP) is 1.65. The smallest absolute Gasteiger partial charge is 0.388 e. The molecular formula is C7H7F3O. The van der Waals surface area contributed by atoms with E-state index in [0.29, 0.717) is 0 Å². The number of hydrogen-bond donors (Lipinski definition) is 1. The zero-order valence-corrected chi connectivity index (χ0v) is 5.55. The van der Waals surface area contributed by atoms with Crippen LogP contribution in [0.2, 0.25) is 0 Å². The van der Waals surface area contributed by atoms with Gasteiger partial charge in [-0.2, -0.15) is 13.2 Å². The van der Waals surface area contributed by atoms with Crippen molar-refractivity contribution in [3.63, 3.8) is 0 Å². The van der Waals surface area contributed by atoms with Crippen LogP contribution in [-0.2, 0) is 0 Å². The van der Waals surface area contributed by atoms with Gasteiger partial charge in [-0.05, 0) is 0 Å². The lowest BCUT2D eigenvalue weighted by molar-refractivity contribution is -0.178. The summed E-state index contributed by atoms with van der Waals surface area (Å²) in [4.78, 5) is 0. The summed E-state index contributed by atoms with van der Waals surface area (Å²) in [5.41, 5.74) is 0. The highest BCUT2D eigenvalue weighted by atomic mass is 19.4. The molecule has 0 fully saturated rings. The average Bonchev–Trinajstić information content (AvgIpc) is 1.86. The van der Waals surface area contributed by atoms with Crippen molar-refractivity contribution in [3.8, 4) is 0 Å². The summed E-state index contributed by atoms with van der Waals surface area (Å²) in [5, 5.41) is 8.85. The third-order valence-electron chi connectivity index (χ3n) is 1.48. The minimum atomic E-state index is -4.35. The molecule has 11 heavy (non-hydrogen) atoms. The van der Waals surface area contributed by atoms with Gasteiger partial charge in [0.25, 0.3) is 0 Å². The third kappa shape index (κ3) is 1.83. The molecule has 0 spiro atoms. The molecule has 1 rings (SSSR count). The number of aliphatic hydroxyl groups is 1. The fourth-order valence-corrected chi connectivity index (χ4v) is 0.898. The molecule has 0 saturated heterocycles.